The number of hydrogen-bond donors (Lipinski definition) is 0. The summed E-state index contributed by atoms with van der Waals surface area (Å²) in [5.41, 5.74) is 38.0. The minimum absolute atomic E-state index is 0.0420. The van der Waals surface area contributed by atoms with Crippen molar-refractivity contribution in [2.75, 3.05) is 6.54 Å². The molecule has 2 aliphatic heterocycles. The highest BCUT2D eigenvalue weighted by atomic mass is 15.3. The molecule has 0 N–H and O–H groups in total. The van der Waals surface area contributed by atoms with Crippen molar-refractivity contribution in [3.8, 4) is 156 Å². The first-order valence-corrected chi connectivity index (χ1v) is 37.8. The predicted octanol–water partition coefficient (Wildman–Crippen LogP) is 28.3. The number of hydrogen-bond acceptors (Lipinski definition) is 1. The molecule has 1 heteroatoms. The number of fused-ring (bicyclic) bond motifs is 6. The molecule has 0 bridgehead atoms. The molecule has 0 amide bonds. The number of allylic oxidation sites excluding steroid dienone is 6. The van der Waals surface area contributed by atoms with E-state index in [1.54, 1.807) is 0 Å². The minimum atomic E-state index is 0.0420. The zero-order chi connectivity index (χ0) is 71.4. The molecule has 3 unspecified atom stereocenters. The van der Waals surface area contributed by atoms with E-state index in [0.29, 0.717) is 0 Å². The number of rotatable bonds is 15. The van der Waals surface area contributed by atoms with Crippen LogP contribution in [0.3, 0.4) is 0 Å². The van der Waals surface area contributed by atoms with Gasteiger partial charge in [0.1, 0.15) is 0 Å². The van der Waals surface area contributed by atoms with Crippen LogP contribution in [0.4, 0.5) is 0 Å². The highest BCUT2D eigenvalue weighted by Crippen LogP contribution is 2.67. The second-order valence-corrected chi connectivity index (χ2v) is 30.0. The van der Waals surface area contributed by atoms with Gasteiger partial charge in [-0.1, -0.05) is 280 Å². The fourth-order valence-corrected chi connectivity index (χ4v) is 17.3. The van der Waals surface area contributed by atoms with Crippen LogP contribution >= 0.6 is 0 Å². The molecule has 3 atom stereocenters. The lowest BCUT2D eigenvalue weighted by molar-refractivity contribution is 0.274. The molecule has 15 aromatic carbocycles. The first-order valence-electron chi connectivity index (χ1n) is 37.8. The van der Waals surface area contributed by atoms with Gasteiger partial charge in [-0.05, 0) is 314 Å². The van der Waals surface area contributed by atoms with Crippen LogP contribution in [-0.4, -0.2) is 17.0 Å². The third kappa shape index (κ3) is 12.5. The molecule has 2 aliphatic carbocycles. The van der Waals surface area contributed by atoms with E-state index in [9.17, 15) is 0 Å². The fraction of sp³-hybridized carbons (Fsp3) is 0.0755. The van der Waals surface area contributed by atoms with Crippen molar-refractivity contribution in [2.45, 2.75) is 43.6 Å². The quantitative estimate of drug-likeness (QED) is 0.0989. The highest BCUT2D eigenvalue weighted by Gasteiger charge is 2.68. The van der Waals surface area contributed by atoms with Crippen molar-refractivity contribution < 1.29 is 0 Å². The molecule has 1 fully saturated rings. The van der Waals surface area contributed by atoms with E-state index in [0.717, 1.165) is 86.1 Å². The van der Waals surface area contributed by atoms with Gasteiger partial charge in [-0.15, -0.1) is 0 Å². The summed E-state index contributed by atoms with van der Waals surface area (Å²) in [6.45, 7) is 5.87. The van der Waals surface area contributed by atoms with Crippen LogP contribution in [0.2, 0.25) is 0 Å². The van der Waals surface area contributed by atoms with Gasteiger partial charge < -0.3 is 4.90 Å². The lowest BCUT2D eigenvalue weighted by atomic mass is 9.80. The molecule has 1 nitrogen and oxygen atoms in total. The Hall–Kier alpha value is -12.9. The van der Waals surface area contributed by atoms with E-state index in [4.69, 9.17) is 0 Å². The van der Waals surface area contributed by atoms with Gasteiger partial charge in [0.2, 0.25) is 0 Å². The number of benzene rings is 15. The van der Waals surface area contributed by atoms with Crippen molar-refractivity contribution in [3.63, 3.8) is 0 Å². The van der Waals surface area contributed by atoms with E-state index in [2.05, 4.69) is 419 Å². The van der Waals surface area contributed by atoms with Crippen LogP contribution in [0.5, 0.6) is 0 Å². The van der Waals surface area contributed by atoms with E-state index in [1.165, 1.54) is 111 Å². The summed E-state index contributed by atoms with van der Waals surface area (Å²) in [5.74, 6) is 0.234. The third-order valence-electron chi connectivity index (χ3n) is 23.3. The topological polar surface area (TPSA) is 3.24 Å². The summed E-state index contributed by atoms with van der Waals surface area (Å²) < 4.78 is 0. The van der Waals surface area contributed by atoms with Gasteiger partial charge in [0, 0.05) is 34.7 Å². The van der Waals surface area contributed by atoms with Crippen molar-refractivity contribution in [1.29, 1.82) is 0 Å². The normalized spacial score (nSPS) is 16.7. The lowest BCUT2D eigenvalue weighted by Gasteiger charge is -2.43. The van der Waals surface area contributed by atoms with Crippen LogP contribution in [0, 0.1) is 0 Å². The molecule has 2 heterocycles. The van der Waals surface area contributed by atoms with Gasteiger partial charge in [-0.2, -0.15) is 0 Å². The van der Waals surface area contributed by atoms with Crippen LogP contribution in [-0.2, 0) is 5.41 Å². The Morgan fingerprint density at radius 1 is 0.252 bits per heavy atom. The first-order chi connectivity index (χ1) is 52.7. The zero-order valence-electron chi connectivity index (χ0n) is 60.3. The summed E-state index contributed by atoms with van der Waals surface area (Å²) in [6, 6.07) is 135. The zero-order valence-corrected chi connectivity index (χ0v) is 60.3. The largest absolute Gasteiger partial charge is 0.361 e. The Morgan fingerprint density at radius 2 is 0.523 bits per heavy atom. The molecule has 0 aromatic heterocycles. The molecule has 0 radical (unpaired) electrons. The Morgan fingerprint density at radius 3 is 0.813 bits per heavy atom. The van der Waals surface area contributed by atoms with E-state index < -0.39 is 0 Å². The molecule has 15 aromatic rings. The number of nitrogens with zero attached hydrogens (tertiary/aromatic N) is 1. The van der Waals surface area contributed by atoms with Gasteiger partial charge in [0.05, 0.1) is 0 Å². The van der Waals surface area contributed by atoms with Crippen molar-refractivity contribution >= 4 is 5.70 Å². The Labute approximate surface area is 629 Å². The Balaban J connectivity index is 0.888. The van der Waals surface area contributed by atoms with E-state index >= 15 is 0 Å². The standard InChI is InChI=1S/C106H79N/c1-105-71-106(105,2)107-48-28-27-45-104(107)102-70-80(46-47-103(102)105)89-61-94(100-66-96(90-53-81(72-29-11-3-12-30-72)49-82(54-90)73-31-13-4-14-32-73)64-97(67-100)91-55-83(74-33-15-5-16-34-74)50-84(56-91)75-35-17-6-18-36-75)63-95(62-89)101-68-98(92-57-85(76-37-19-7-20-38-76)51-86(58-92)77-39-21-8-22-40-77)65-99(69-101)93-59-87(78-41-23-9-24-42-78)52-88(60-93)79-43-25-10-26-44-79/h3-43,45-47,49-70,79H,44,48,71H2,1-2H3. The average molecular weight is 1370 g/mol. The fourth-order valence-electron chi connectivity index (χ4n) is 17.3. The van der Waals surface area contributed by atoms with Crippen LogP contribution in [0.1, 0.15) is 49.3 Å². The minimum Gasteiger partial charge on any atom is -0.361 e. The Kier molecular flexibility index (Phi) is 16.5. The maximum absolute atomic E-state index is 2.68. The van der Waals surface area contributed by atoms with E-state index in [-0.39, 0.29) is 16.9 Å². The summed E-state index contributed by atoms with van der Waals surface area (Å²) >= 11 is 0. The Bertz CT molecular complexity index is 5710. The van der Waals surface area contributed by atoms with Crippen molar-refractivity contribution in [3.05, 3.63) is 417 Å². The molecular weight excluding hydrogens is 1290 g/mol. The first kappa shape index (κ1) is 64.9. The molecule has 0 saturated heterocycles. The lowest BCUT2D eigenvalue weighted by Crippen LogP contribution is -2.43. The third-order valence-corrected chi connectivity index (χ3v) is 23.3. The average Bonchev–Trinajstić information content (AvgIpc) is 1.50. The van der Waals surface area contributed by atoms with Crippen LogP contribution in [0.25, 0.3) is 161 Å². The maximum Gasteiger partial charge on any atom is 0.0482 e. The molecule has 107 heavy (non-hydrogen) atoms. The molecular formula is C106H79N. The summed E-state index contributed by atoms with van der Waals surface area (Å²) in [6.07, 6.45) is 18.1. The maximum atomic E-state index is 2.68. The van der Waals surface area contributed by atoms with Gasteiger partial charge >= 0.3 is 0 Å². The molecule has 0 spiro atoms. The SMILES string of the molecule is CC12CC1(C)N1CC=CC=C1c1cc(-c3cc(-c4cc(-c5cc(-c6ccccc6)cc(-c6ccccc6)c5)cc(-c5cc(-c6ccccc6)cc(-c6ccccc6)c5)c4)cc(-c4cc(-c5cc(-c6ccccc6)cc(-c6ccccc6)c5)cc(-c5cc(-c6ccccc6)cc(C6C=CC=CC6)c5)c4)c3)ccc12. The second-order valence-electron chi connectivity index (χ2n) is 30.0. The van der Waals surface area contributed by atoms with Gasteiger partial charge in [0.25, 0.3) is 0 Å². The molecule has 1 saturated carbocycles. The van der Waals surface area contributed by atoms with E-state index in [1.807, 2.05) is 0 Å². The highest BCUT2D eigenvalue weighted by molar-refractivity contribution is 5.94. The second kappa shape index (κ2) is 27.3. The van der Waals surface area contributed by atoms with Gasteiger partial charge in [-0.25, -0.2) is 0 Å². The summed E-state index contributed by atoms with van der Waals surface area (Å²) in [7, 11) is 0. The van der Waals surface area contributed by atoms with Gasteiger partial charge in [-0.3, -0.25) is 0 Å². The summed E-state index contributed by atoms with van der Waals surface area (Å²) in [4.78, 5) is 2.68. The van der Waals surface area contributed by atoms with Crippen molar-refractivity contribution in [1.82, 2.24) is 4.90 Å². The smallest absolute Gasteiger partial charge is 0.0482 e. The summed E-state index contributed by atoms with van der Waals surface area (Å²) in [5, 5.41) is 0. The molecule has 4 aliphatic rings. The molecule has 508 valence electrons. The molecule has 19 rings (SSSR count). The van der Waals surface area contributed by atoms with Crippen LogP contribution in [0.15, 0.2) is 400 Å². The monoisotopic (exact) mass is 1370 g/mol. The van der Waals surface area contributed by atoms with Crippen molar-refractivity contribution in [2.24, 2.45) is 0 Å². The predicted molar refractivity (Wildman–Crippen MR) is 452 cm³/mol. The van der Waals surface area contributed by atoms with Crippen LogP contribution < -0.4 is 0 Å². The van der Waals surface area contributed by atoms with Gasteiger partial charge in [0.15, 0.2) is 0 Å².